The van der Waals surface area contributed by atoms with E-state index in [1.807, 2.05) is 48.5 Å². The van der Waals surface area contributed by atoms with Crippen LogP contribution in [-0.4, -0.2) is 9.97 Å². The molecule has 0 bridgehead atoms. The molecule has 3 heteroatoms. The van der Waals surface area contributed by atoms with E-state index >= 15 is 0 Å². The summed E-state index contributed by atoms with van der Waals surface area (Å²) in [5.74, 6) is 0.653. The maximum Gasteiger partial charge on any atom is 0.161 e. The van der Waals surface area contributed by atoms with Crippen LogP contribution in [0.3, 0.4) is 0 Å². The molecule has 8 aromatic carbocycles. The summed E-state index contributed by atoms with van der Waals surface area (Å²) in [7, 11) is 0. The third-order valence-electron chi connectivity index (χ3n) is 10.3. The largest absolute Gasteiger partial charge is 0.455 e. The molecule has 0 unspecified atom stereocenters. The third-order valence-corrected chi connectivity index (χ3v) is 10.3. The average molecular weight is 703 g/mol. The van der Waals surface area contributed by atoms with Crippen molar-refractivity contribution in [1.82, 2.24) is 9.97 Å². The second-order valence-corrected chi connectivity index (χ2v) is 13.8. The van der Waals surface area contributed by atoms with E-state index in [0.29, 0.717) is 5.82 Å². The molecule has 0 amide bonds. The molecule has 2 aromatic heterocycles. The van der Waals surface area contributed by atoms with Crippen LogP contribution in [0.4, 0.5) is 0 Å². The van der Waals surface area contributed by atoms with Crippen LogP contribution >= 0.6 is 0 Å². The van der Waals surface area contributed by atoms with Crippen LogP contribution in [-0.2, 0) is 0 Å². The van der Waals surface area contributed by atoms with Gasteiger partial charge in [-0.3, -0.25) is 0 Å². The van der Waals surface area contributed by atoms with E-state index in [0.717, 1.165) is 72.3 Å². The van der Waals surface area contributed by atoms with Gasteiger partial charge < -0.3 is 4.42 Å². The molecule has 10 rings (SSSR count). The Morgan fingerprint density at radius 1 is 0.309 bits per heavy atom. The van der Waals surface area contributed by atoms with Gasteiger partial charge in [0.15, 0.2) is 5.82 Å². The van der Waals surface area contributed by atoms with Gasteiger partial charge in [-0.2, -0.15) is 0 Å². The van der Waals surface area contributed by atoms with Gasteiger partial charge in [-0.05, 0) is 63.2 Å². The lowest BCUT2D eigenvalue weighted by molar-refractivity contribution is 0.670. The predicted molar refractivity (Wildman–Crippen MR) is 227 cm³/mol. The fourth-order valence-corrected chi connectivity index (χ4v) is 7.54. The highest BCUT2D eigenvalue weighted by atomic mass is 16.3. The second-order valence-electron chi connectivity index (χ2n) is 13.8. The zero-order valence-corrected chi connectivity index (χ0v) is 29.9. The SMILES string of the molecule is c1ccc(-c2ccc(-c3cc(-c4ccc(-c5ccccc5)cc4)c4oc5cccc(-c6nc(-c7ccccc7)cc(-c7ccccc7)n6)c5c4c3)cc2)cc1. The fraction of sp³-hybridized carbons (Fsp3) is 0. The molecule has 0 radical (unpaired) electrons. The molecule has 2 heterocycles. The molecular formula is C52H34N2O. The summed E-state index contributed by atoms with van der Waals surface area (Å²) >= 11 is 0. The molecule has 0 N–H and O–H groups in total. The van der Waals surface area contributed by atoms with Gasteiger partial charge in [0, 0.05) is 33.0 Å². The maximum atomic E-state index is 6.86. The van der Waals surface area contributed by atoms with Gasteiger partial charge in [-0.25, -0.2) is 9.97 Å². The van der Waals surface area contributed by atoms with Crippen molar-refractivity contribution in [3.05, 3.63) is 206 Å². The zero-order valence-electron chi connectivity index (χ0n) is 29.9. The van der Waals surface area contributed by atoms with E-state index in [4.69, 9.17) is 14.4 Å². The zero-order chi connectivity index (χ0) is 36.6. The minimum atomic E-state index is 0.653. The molecule has 0 saturated heterocycles. The van der Waals surface area contributed by atoms with Gasteiger partial charge in [0.25, 0.3) is 0 Å². The van der Waals surface area contributed by atoms with E-state index < -0.39 is 0 Å². The van der Waals surface area contributed by atoms with Crippen molar-refractivity contribution in [1.29, 1.82) is 0 Å². The first-order valence-corrected chi connectivity index (χ1v) is 18.6. The van der Waals surface area contributed by atoms with Crippen molar-refractivity contribution in [2.24, 2.45) is 0 Å². The highest BCUT2D eigenvalue weighted by Gasteiger charge is 2.20. The molecule has 0 aliphatic rings. The second kappa shape index (κ2) is 13.9. The molecule has 0 aliphatic carbocycles. The van der Waals surface area contributed by atoms with Gasteiger partial charge in [0.2, 0.25) is 0 Å². The van der Waals surface area contributed by atoms with Gasteiger partial charge >= 0.3 is 0 Å². The van der Waals surface area contributed by atoms with Crippen molar-refractivity contribution in [2.75, 3.05) is 0 Å². The van der Waals surface area contributed by atoms with Crippen LogP contribution in [0.5, 0.6) is 0 Å². The Hall–Kier alpha value is -7.36. The third kappa shape index (κ3) is 6.18. The van der Waals surface area contributed by atoms with Crippen molar-refractivity contribution in [3.8, 4) is 78.4 Å². The number of benzene rings is 8. The summed E-state index contributed by atoms with van der Waals surface area (Å²) in [4.78, 5) is 10.4. The van der Waals surface area contributed by atoms with Crippen molar-refractivity contribution < 1.29 is 4.42 Å². The van der Waals surface area contributed by atoms with E-state index in [-0.39, 0.29) is 0 Å². The minimum absolute atomic E-state index is 0.653. The van der Waals surface area contributed by atoms with Crippen molar-refractivity contribution >= 4 is 21.9 Å². The van der Waals surface area contributed by atoms with E-state index in [9.17, 15) is 0 Å². The first kappa shape index (κ1) is 32.3. The minimum Gasteiger partial charge on any atom is -0.455 e. The Kier molecular flexibility index (Phi) is 8.16. The molecule has 0 fully saturated rings. The Bertz CT molecular complexity index is 2860. The van der Waals surface area contributed by atoms with Gasteiger partial charge in [-0.1, -0.05) is 182 Å². The van der Waals surface area contributed by atoms with Crippen LogP contribution in [0, 0.1) is 0 Å². The van der Waals surface area contributed by atoms with E-state index in [1.165, 1.54) is 22.3 Å². The fourth-order valence-electron chi connectivity index (χ4n) is 7.54. The molecular weight excluding hydrogens is 669 g/mol. The van der Waals surface area contributed by atoms with Crippen molar-refractivity contribution in [2.45, 2.75) is 0 Å². The summed E-state index contributed by atoms with van der Waals surface area (Å²) < 4.78 is 6.86. The van der Waals surface area contributed by atoms with E-state index in [1.54, 1.807) is 0 Å². The Balaban J connectivity index is 1.19. The number of fused-ring (bicyclic) bond motifs is 3. The normalized spacial score (nSPS) is 11.3. The lowest BCUT2D eigenvalue weighted by atomic mass is 9.93. The van der Waals surface area contributed by atoms with Crippen LogP contribution in [0.25, 0.3) is 100 Å². The Morgan fingerprint density at radius 2 is 0.745 bits per heavy atom. The number of hydrogen-bond donors (Lipinski definition) is 0. The summed E-state index contributed by atoms with van der Waals surface area (Å²) in [5.41, 5.74) is 15.5. The van der Waals surface area contributed by atoms with Gasteiger partial charge in [-0.15, -0.1) is 0 Å². The maximum absolute atomic E-state index is 6.86. The standard InChI is InChI=1S/C52H34N2O/c1-5-14-35(15-6-1)37-24-26-39(27-25-37)43-32-45(40-30-28-38(29-31-40)36-16-7-2-8-17-36)51-46(33-43)50-44(22-13-23-49(50)55-51)52-53-47(41-18-9-3-10-19-41)34-48(54-52)42-20-11-4-12-21-42/h1-34H. The highest BCUT2D eigenvalue weighted by molar-refractivity contribution is 6.16. The molecule has 0 aliphatic heterocycles. The summed E-state index contributed by atoms with van der Waals surface area (Å²) in [5, 5.41) is 2.01. The van der Waals surface area contributed by atoms with Crippen LogP contribution < -0.4 is 0 Å². The molecule has 0 saturated carbocycles. The first-order valence-electron chi connectivity index (χ1n) is 18.6. The summed E-state index contributed by atoms with van der Waals surface area (Å²) in [6.45, 7) is 0. The smallest absolute Gasteiger partial charge is 0.161 e. The molecule has 10 aromatic rings. The predicted octanol–water partition coefficient (Wildman–Crippen LogP) is 14.0. The highest BCUT2D eigenvalue weighted by Crippen LogP contribution is 2.43. The average Bonchev–Trinajstić information content (AvgIpc) is 3.66. The van der Waals surface area contributed by atoms with Crippen LogP contribution in [0.1, 0.15) is 0 Å². The molecule has 55 heavy (non-hydrogen) atoms. The molecule has 0 atom stereocenters. The molecule has 0 spiro atoms. The number of aromatic nitrogens is 2. The lowest BCUT2D eigenvalue weighted by Crippen LogP contribution is -1.96. The topological polar surface area (TPSA) is 38.9 Å². The van der Waals surface area contributed by atoms with Crippen LogP contribution in [0.15, 0.2) is 211 Å². The monoisotopic (exact) mass is 702 g/mol. The number of hydrogen-bond acceptors (Lipinski definition) is 3. The summed E-state index contributed by atoms with van der Waals surface area (Å²) in [6.07, 6.45) is 0. The Labute approximate surface area is 319 Å². The molecule has 258 valence electrons. The summed E-state index contributed by atoms with van der Waals surface area (Å²) in [6, 6.07) is 72.1. The van der Waals surface area contributed by atoms with Crippen molar-refractivity contribution in [3.63, 3.8) is 0 Å². The quantitative estimate of drug-likeness (QED) is 0.166. The number of nitrogens with zero attached hydrogens (tertiary/aromatic N) is 2. The Morgan fingerprint density at radius 3 is 1.25 bits per heavy atom. The molecule has 3 nitrogen and oxygen atoms in total. The lowest BCUT2D eigenvalue weighted by Gasteiger charge is -2.11. The first-order chi connectivity index (χ1) is 27.2. The van der Waals surface area contributed by atoms with Gasteiger partial charge in [0.1, 0.15) is 11.2 Å². The van der Waals surface area contributed by atoms with Crippen LogP contribution in [0.2, 0.25) is 0 Å². The van der Waals surface area contributed by atoms with Gasteiger partial charge in [0.05, 0.1) is 11.4 Å². The van der Waals surface area contributed by atoms with E-state index in [2.05, 4.69) is 158 Å². The number of rotatable bonds is 7. The number of furan rings is 1.